The molecule has 3 saturated heterocycles. The monoisotopic (exact) mass is 439 g/mol. The SMILES string of the molecule is Cc1nc(C(=O)N2C[C@@H]3C(CNS(=O)(=O)CC4CCCC4)C4CC[C@]3(C2)O4)cs1. The van der Waals surface area contributed by atoms with Gasteiger partial charge in [0, 0.05) is 30.3 Å². The fourth-order valence-corrected chi connectivity index (χ4v) is 8.12. The Morgan fingerprint density at radius 1 is 1.38 bits per heavy atom. The molecular formula is C20H29N3O4S2. The number of ether oxygens (including phenoxy) is 1. The lowest BCUT2D eigenvalue weighted by Crippen LogP contribution is -2.42. The number of amides is 1. The summed E-state index contributed by atoms with van der Waals surface area (Å²) in [5, 5.41) is 2.70. The van der Waals surface area contributed by atoms with Crippen LogP contribution in [-0.2, 0) is 14.8 Å². The Hall–Kier alpha value is -1.03. The van der Waals surface area contributed by atoms with Gasteiger partial charge in [0.05, 0.1) is 29.0 Å². The minimum Gasteiger partial charge on any atom is -0.369 e. The average molecular weight is 440 g/mol. The van der Waals surface area contributed by atoms with Crippen LogP contribution < -0.4 is 4.72 Å². The van der Waals surface area contributed by atoms with Crippen LogP contribution in [0.15, 0.2) is 5.38 Å². The molecule has 7 nitrogen and oxygen atoms in total. The van der Waals surface area contributed by atoms with E-state index in [1.54, 1.807) is 0 Å². The number of carbonyl (C=O) groups is 1. The molecule has 1 N–H and O–H groups in total. The van der Waals surface area contributed by atoms with Gasteiger partial charge in [-0.25, -0.2) is 18.1 Å². The predicted molar refractivity (Wildman–Crippen MR) is 110 cm³/mol. The molecule has 1 aromatic heterocycles. The van der Waals surface area contributed by atoms with Gasteiger partial charge < -0.3 is 9.64 Å². The van der Waals surface area contributed by atoms with Gasteiger partial charge in [-0.3, -0.25) is 4.79 Å². The van der Waals surface area contributed by atoms with Crippen LogP contribution in [0, 0.1) is 24.7 Å². The molecule has 1 spiro atoms. The van der Waals surface area contributed by atoms with Crippen molar-refractivity contribution in [3.8, 4) is 0 Å². The number of likely N-dealkylation sites (tertiary alicyclic amines) is 1. The minimum absolute atomic E-state index is 0.0364. The molecule has 2 bridgehead atoms. The molecule has 0 radical (unpaired) electrons. The topological polar surface area (TPSA) is 88.6 Å². The number of fused-ring (bicyclic) bond motifs is 1. The molecule has 1 aliphatic carbocycles. The summed E-state index contributed by atoms with van der Waals surface area (Å²) in [5.41, 5.74) is 0.208. The first-order valence-electron chi connectivity index (χ1n) is 10.7. The van der Waals surface area contributed by atoms with E-state index in [1.807, 2.05) is 17.2 Å². The van der Waals surface area contributed by atoms with Gasteiger partial charge in [0.2, 0.25) is 10.0 Å². The van der Waals surface area contributed by atoms with Gasteiger partial charge in [0.1, 0.15) is 5.69 Å². The van der Waals surface area contributed by atoms with Crippen molar-refractivity contribution in [2.24, 2.45) is 17.8 Å². The predicted octanol–water partition coefficient (Wildman–Crippen LogP) is 2.18. The van der Waals surface area contributed by atoms with Crippen molar-refractivity contribution in [1.82, 2.24) is 14.6 Å². The molecular weight excluding hydrogens is 410 g/mol. The quantitative estimate of drug-likeness (QED) is 0.734. The van der Waals surface area contributed by atoms with Crippen LogP contribution in [0.3, 0.4) is 0 Å². The van der Waals surface area contributed by atoms with E-state index < -0.39 is 10.0 Å². The zero-order valence-electron chi connectivity index (χ0n) is 16.8. The first-order chi connectivity index (χ1) is 13.9. The molecule has 29 heavy (non-hydrogen) atoms. The van der Waals surface area contributed by atoms with Gasteiger partial charge in [-0.05, 0) is 38.5 Å². The summed E-state index contributed by atoms with van der Waals surface area (Å²) in [5.74, 6) is 0.840. The highest BCUT2D eigenvalue weighted by molar-refractivity contribution is 7.89. The third-order valence-corrected chi connectivity index (χ3v) is 9.67. The number of nitrogens with zero attached hydrogens (tertiary/aromatic N) is 2. The van der Waals surface area contributed by atoms with E-state index >= 15 is 0 Å². The Labute approximate surface area is 176 Å². The van der Waals surface area contributed by atoms with Crippen molar-refractivity contribution in [2.75, 3.05) is 25.4 Å². The second kappa shape index (κ2) is 7.28. The van der Waals surface area contributed by atoms with Gasteiger partial charge >= 0.3 is 0 Å². The summed E-state index contributed by atoms with van der Waals surface area (Å²) < 4.78 is 34.4. The van der Waals surface area contributed by atoms with Crippen molar-refractivity contribution in [2.45, 2.75) is 57.2 Å². The molecule has 3 aliphatic heterocycles. The summed E-state index contributed by atoms with van der Waals surface area (Å²) >= 11 is 1.48. The van der Waals surface area contributed by atoms with Crippen molar-refractivity contribution < 1.29 is 17.9 Å². The fraction of sp³-hybridized carbons (Fsp3) is 0.800. The van der Waals surface area contributed by atoms with Gasteiger partial charge in [-0.1, -0.05) is 12.8 Å². The Kier molecular flexibility index (Phi) is 5.00. The van der Waals surface area contributed by atoms with Gasteiger partial charge in [-0.2, -0.15) is 0 Å². The molecule has 1 amide bonds. The fourth-order valence-electron chi connectivity index (χ4n) is 6.01. The Morgan fingerprint density at radius 3 is 2.90 bits per heavy atom. The number of hydrogen-bond donors (Lipinski definition) is 1. The molecule has 4 aliphatic rings. The lowest BCUT2D eigenvalue weighted by Gasteiger charge is -2.29. The Morgan fingerprint density at radius 2 is 2.17 bits per heavy atom. The van der Waals surface area contributed by atoms with Crippen LogP contribution in [0.2, 0.25) is 0 Å². The van der Waals surface area contributed by atoms with E-state index in [-0.39, 0.29) is 35.2 Å². The number of aryl methyl sites for hydroxylation is 1. The standard InChI is InChI=1S/C20H29N3O4S2/c1-13-22-17(10-28-13)19(24)23-9-16-15(18-6-7-20(16,12-23)27-18)8-21-29(25,26)11-14-4-2-3-5-14/h10,14-16,18,21H,2-9,11-12H2,1H3/t15?,16-,18?,20-/m1/s1. The molecule has 4 fully saturated rings. The third kappa shape index (κ3) is 3.64. The maximum absolute atomic E-state index is 12.9. The van der Waals surface area contributed by atoms with E-state index in [9.17, 15) is 13.2 Å². The number of hydrogen-bond acceptors (Lipinski definition) is 6. The molecule has 4 atom stereocenters. The number of thiazole rings is 1. The average Bonchev–Trinajstić information content (AvgIpc) is 3.46. The lowest BCUT2D eigenvalue weighted by molar-refractivity contribution is 0.00320. The summed E-state index contributed by atoms with van der Waals surface area (Å²) in [6, 6.07) is 0. The smallest absolute Gasteiger partial charge is 0.273 e. The minimum atomic E-state index is -3.27. The zero-order chi connectivity index (χ0) is 20.2. The van der Waals surface area contributed by atoms with E-state index in [1.165, 1.54) is 11.3 Å². The molecule has 2 unspecified atom stereocenters. The molecule has 1 aromatic rings. The largest absolute Gasteiger partial charge is 0.369 e. The van der Waals surface area contributed by atoms with Crippen LogP contribution in [0.1, 0.15) is 54.0 Å². The molecule has 9 heteroatoms. The number of aromatic nitrogens is 1. The van der Waals surface area contributed by atoms with E-state index in [4.69, 9.17) is 4.74 Å². The highest BCUT2D eigenvalue weighted by Crippen LogP contribution is 2.54. The van der Waals surface area contributed by atoms with Gasteiger partial charge in [0.15, 0.2) is 0 Å². The molecule has 4 heterocycles. The number of carbonyl (C=O) groups excluding carboxylic acids is 1. The zero-order valence-corrected chi connectivity index (χ0v) is 18.4. The van der Waals surface area contributed by atoms with Crippen LogP contribution in [0.4, 0.5) is 0 Å². The summed E-state index contributed by atoms with van der Waals surface area (Å²) in [6.45, 7) is 3.54. The Bertz CT molecular complexity index is 895. The maximum Gasteiger partial charge on any atom is 0.273 e. The van der Waals surface area contributed by atoms with Crippen molar-refractivity contribution in [3.05, 3.63) is 16.1 Å². The van der Waals surface area contributed by atoms with Gasteiger partial charge in [0.25, 0.3) is 5.91 Å². The normalized spacial score (nSPS) is 34.2. The van der Waals surface area contributed by atoms with Crippen molar-refractivity contribution >= 4 is 27.3 Å². The Balaban J connectivity index is 1.25. The maximum atomic E-state index is 12.9. The van der Waals surface area contributed by atoms with Crippen molar-refractivity contribution in [3.63, 3.8) is 0 Å². The highest BCUT2D eigenvalue weighted by Gasteiger charge is 2.63. The number of rotatable bonds is 6. The number of nitrogens with one attached hydrogen (secondary N) is 1. The number of sulfonamides is 1. The molecule has 1 saturated carbocycles. The second-order valence-corrected chi connectivity index (χ2v) is 12.2. The summed E-state index contributed by atoms with van der Waals surface area (Å²) in [4.78, 5) is 19.1. The van der Waals surface area contributed by atoms with Crippen LogP contribution in [0.25, 0.3) is 0 Å². The van der Waals surface area contributed by atoms with Crippen LogP contribution >= 0.6 is 11.3 Å². The molecule has 0 aromatic carbocycles. The van der Waals surface area contributed by atoms with Gasteiger partial charge in [-0.15, -0.1) is 11.3 Å². The van der Waals surface area contributed by atoms with Crippen LogP contribution in [-0.4, -0.2) is 61.3 Å². The van der Waals surface area contributed by atoms with E-state index in [2.05, 4.69) is 9.71 Å². The summed E-state index contributed by atoms with van der Waals surface area (Å²) in [7, 11) is -3.27. The first-order valence-corrected chi connectivity index (χ1v) is 13.2. The molecule has 5 rings (SSSR count). The third-order valence-electron chi connectivity index (χ3n) is 7.38. The summed E-state index contributed by atoms with van der Waals surface area (Å²) in [6.07, 6.45) is 6.34. The first kappa shape index (κ1) is 19.9. The van der Waals surface area contributed by atoms with Crippen LogP contribution in [0.5, 0.6) is 0 Å². The van der Waals surface area contributed by atoms with E-state index in [0.717, 1.165) is 43.5 Å². The van der Waals surface area contributed by atoms with E-state index in [0.29, 0.717) is 31.2 Å². The second-order valence-electron chi connectivity index (χ2n) is 9.25. The molecule has 160 valence electrons. The lowest BCUT2D eigenvalue weighted by atomic mass is 9.74. The highest BCUT2D eigenvalue weighted by atomic mass is 32.2. The van der Waals surface area contributed by atoms with Crippen molar-refractivity contribution in [1.29, 1.82) is 0 Å².